The highest BCUT2D eigenvalue weighted by Gasteiger charge is 2.39. The van der Waals surface area contributed by atoms with Crippen LogP contribution in [0, 0.1) is 5.92 Å². The summed E-state index contributed by atoms with van der Waals surface area (Å²) in [4.78, 5) is 29.9. The molecule has 1 fully saturated rings. The molecular formula is C21H22N2O5S. The smallest absolute Gasteiger partial charge is 0.264 e. The average molecular weight is 414 g/mol. The van der Waals surface area contributed by atoms with E-state index in [1.54, 1.807) is 26.4 Å². The second-order valence-electron chi connectivity index (χ2n) is 7.02. The van der Waals surface area contributed by atoms with Crippen LogP contribution in [0.3, 0.4) is 0 Å². The number of nitrogens with zero attached hydrogens (tertiary/aromatic N) is 1. The number of hydrogen-bond donors (Lipinski definition) is 1. The molecule has 1 aromatic carbocycles. The molecule has 2 atom stereocenters. The van der Waals surface area contributed by atoms with E-state index in [1.807, 2.05) is 11.4 Å². The fourth-order valence-electron chi connectivity index (χ4n) is 3.77. The van der Waals surface area contributed by atoms with E-state index in [0.717, 1.165) is 31.2 Å². The molecule has 0 spiro atoms. The maximum absolute atomic E-state index is 12.7. The highest BCUT2D eigenvalue weighted by molar-refractivity contribution is 7.14. The Kier molecular flexibility index (Phi) is 5.53. The number of nitrogens with one attached hydrogen (secondary N) is 1. The van der Waals surface area contributed by atoms with Gasteiger partial charge in [0.15, 0.2) is 10.9 Å². The third-order valence-corrected chi connectivity index (χ3v) is 6.08. The van der Waals surface area contributed by atoms with Crippen LogP contribution in [-0.2, 0) is 14.3 Å². The number of amides is 1. The molecule has 8 heteroatoms. The van der Waals surface area contributed by atoms with Crippen molar-refractivity contribution in [3.63, 3.8) is 0 Å². The molecule has 2 aliphatic rings. The van der Waals surface area contributed by atoms with Gasteiger partial charge in [0.05, 0.1) is 32.1 Å². The Bertz CT molecular complexity index is 968. The van der Waals surface area contributed by atoms with Gasteiger partial charge in [0.2, 0.25) is 0 Å². The third-order valence-electron chi connectivity index (χ3n) is 5.32. The van der Waals surface area contributed by atoms with Crippen LogP contribution in [0.2, 0.25) is 0 Å². The van der Waals surface area contributed by atoms with Crippen LogP contribution in [-0.4, -0.2) is 37.0 Å². The summed E-state index contributed by atoms with van der Waals surface area (Å²) in [5.41, 5.74) is 1.46. The Hall–Kier alpha value is -2.87. The van der Waals surface area contributed by atoms with Gasteiger partial charge in [0.25, 0.3) is 5.91 Å². The molecule has 152 valence electrons. The molecule has 4 rings (SSSR count). The number of carbonyl (C=O) groups excluding carboxylic acids is 2. The Morgan fingerprint density at radius 2 is 2.07 bits per heavy atom. The fourth-order valence-corrected chi connectivity index (χ4v) is 4.48. The molecule has 0 bridgehead atoms. The molecule has 2 aromatic rings. The van der Waals surface area contributed by atoms with E-state index >= 15 is 0 Å². The minimum absolute atomic E-state index is 0.0591. The highest BCUT2D eigenvalue weighted by atomic mass is 32.1. The maximum Gasteiger partial charge on any atom is 0.264 e. The van der Waals surface area contributed by atoms with E-state index in [-0.39, 0.29) is 23.4 Å². The average Bonchev–Trinajstić information content (AvgIpc) is 3.21. The molecule has 7 nitrogen and oxygen atoms in total. The molecule has 1 aliphatic carbocycles. The van der Waals surface area contributed by atoms with Crippen molar-refractivity contribution in [3.05, 3.63) is 35.4 Å². The number of hydrogen-bond acceptors (Lipinski definition) is 7. The summed E-state index contributed by atoms with van der Waals surface area (Å²) in [7, 11) is 3.17. The second kappa shape index (κ2) is 8.24. The van der Waals surface area contributed by atoms with Gasteiger partial charge < -0.3 is 14.2 Å². The van der Waals surface area contributed by atoms with Gasteiger partial charge in [-0.25, -0.2) is 4.98 Å². The first-order valence-corrected chi connectivity index (χ1v) is 10.4. The number of aromatic nitrogens is 1. The Morgan fingerprint density at radius 3 is 2.86 bits per heavy atom. The fraction of sp³-hybridized carbons (Fsp3) is 0.381. The van der Waals surface area contributed by atoms with Gasteiger partial charge in [-0.3, -0.25) is 14.9 Å². The van der Waals surface area contributed by atoms with Gasteiger partial charge in [-0.15, -0.1) is 11.3 Å². The predicted molar refractivity (Wildman–Crippen MR) is 109 cm³/mol. The van der Waals surface area contributed by atoms with Crippen LogP contribution in [0.1, 0.15) is 25.7 Å². The Balaban J connectivity index is 1.52. The van der Waals surface area contributed by atoms with Gasteiger partial charge in [-0.2, -0.15) is 0 Å². The summed E-state index contributed by atoms with van der Waals surface area (Å²) in [6.45, 7) is 0. The largest absolute Gasteiger partial charge is 0.497 e. The van der Waals surface area contributed by atoms with E-state index in [4.69, 9.17) is 14.2 Å². The first kappa shape index (κ1) is 19.4. The first-order chi connectivity index (χ1) is 14.1. The molecule has 2 unspecified atom stereocenters. The number of fused-ring (bicyclic) bond motifs is 1. The quantitative estimate of drug-likeness (QED) is 0.749. The predicted octanol–water partition coefficient (Wildman–Crippen LogP) is 3.81. The number of carbonyl (C=O) groups is 2. The number of rotatable bonds is 5. The summed E-state index contributed by atoms with van der Waals surface area (Å²) in [6, 6.07) is 5.43. The van der Waals surface area contributed by atoms with Gasteiger partial charge in [0, 0.05) is 10.9 Å². The van der Waals surface area contributed by atoms with Crippen molar-refractivity contribution in [2.24, 2.45) is 5.92 Å². The van der Waals surface area contributed by atoms with Crippen molar-refractivity contribution in [1.29, 1.82) is 0 Å². The molecule has 1 amide bonds. The van der Waals surface area contributed by atoms with Crippen LogP contribution in [0.5, 0.6) is 11.5 Å². The molecular weight excluding hydrogens is 392 g/mol. The normalized spacial score (nSPS) is 20.9. The van der Waals surface area contributed by atoms with Gasteiger partial charge in [0.1, 0.15) is 23.2 Å². The summed E-state index contributed by atoms with van der Waals surface area (Å²) in [6.07, 6.45) is 4.89. The minimum atomic E-state index is -0.488. The SMILES string of the molecule is COc1ccc(OC)c(-c2csc(NC(=O)C3=COC4CCCCC4C3=O)n2)c1. The van der Waals surface area contributed by atoms with Crippen molar-refractivity contribution >= 4 is 28.2 Å². The summed E-state index contributed by atoms with van der Waals surface area (Å²) in [5, 5.41) is 4.94. The molecule has 1 aliphatic heterocycles. The Morgan fingerprint density at radius 1 is 1.24 bits per heavy atom. The van der Waals surface area contributed by atoms with E-state index in [0.29, 0.717) is 22.3 Å². The van der Waals surface area contributed by atoms with Crippen LogP contribution in [0.15, 0.2) is 35.4 Å². The lowest BCUT2D eigenvalue weighted by atomic mass is 9.80. The van der Waals surface area contributed by atoms with Crippen molar-refractivity contribution < 1.29 is 23.8 Å². The van der Waals surface area contributed by atoms with E-state index in [1.165, 1.54) is 17.6 Å². The Labute approximate surface area is 172 Å². The van der Waals surface area contributed by atoms with E-state index in [2.05, 4.69) is 10.3 Å². The zero-order valence-corrected chi connectivity index (χ0v) is 17.1. The molecule has 0 radical (unpaired) electrons. The maximum atomic E-state index is 12.7. The van der Waals surface area contributed by atoms with Crippen molar-refractivity contribution in [1.82, 2.24) is 4.98 Å². The van der Waals surface area contributed by atoms with Gasteiger partial charge in [-0.1, -0.05) is 6.42 Å². The van der Waals surface area contributed by atoms with Crippen LogP contribution in [0.4, 0.5) is 5.13 Å². The first-order valence-electron chi connectivity index (χ1n) is 9.50. The topological polar surface area (TPSA) is 86.8 Å². The van der Waals surface area contributed by atoms with E-state index in [9.17, 15) is 9.59 Å². The summed E-state index contributed by atoms with van der Waals surface area (Å²) >= 11 is 1.27. The number of ketones is 1. The molecule has 29 heavy (non-hydrogen) atoms. The molecule has 1 N–H and O–H groups in total. The summed E-state index contributed by atoms with van der Waals surface area (Å²) in [5.74, 6) is 0.483. The number of anilines is 1. The zero-order chi connectivity index (χ0) is 20.4. The van der Waals surface area contributed by atoms with Gasteiger partial charge >= 0.3 is 0 Å². The van der Waals surface area contributed by atoms with E-state index < -0.39 is 5.91 Å². The molecule has 2 heterocycles. The number of benzene rings is 1. The third kappa shape index (κ3) is 3.85. The minimum Gasteiger partial charge on any atom is -0.497 e. The lowest BCUT2D eigenvalue weighted by Gasteiger charge is -2.33. The number of methoxy groups -OCH3 is 2. The molecule has 0 saturated heterocycles. The van der Waals surface area contributed by atoms with Crippen LogP contribution < -0.4 is 14.8 Å². The molecule has 1 aromatic heterocycles. The van der Waals surface area contributed by atoms with Crippen molar-refractivity contribution in [2.75, 3.05) is 19.5 Å². The number of ether oxygens (including phenoxy) is 3. The zero-order valence-electron chi connectivity index (χ0n) is 16.3. The van der Waals surface area contributed by atoms with Crippen molar-refractivity contribution in [3.8, 4) is 22.8 Å². The van der Waals surface area contributed by atoms with Gasteiger partial charge in [-0.05, 0) is 37.5 Å². The van der Waals surface area contributed by atoms with Crippen molar-refractivity contribution in [2.45, 2.75) is 31.8 Å². The van der Waals surface area contributed by atoms with Crippen LogP contribution in [0.25, 0.3) is 11.3 Å². The lowest BCUT2D eigenvalue weighted by molar-refractivity contribution is -0.129. The lowest BCUT2D eigenvalue weighted by Crippen LogP contribution is -2.39. The standard InChI is InChI=1S/C21H22N2O5S/c1-26-12-7-8-17(27-2)14(9-12)16-11-29-21(22-16)23-20(25)15-10-28-18-6-4-3-5-13(18)19(15)24/h7-11,13,18H,3-6H2,1-2H3,(H,22,23,25). The monoisotopic (exact) mass is 414 g/mol. The summed E-state index contributed by atoms with van der Waals surface area (Å²) < 4.78 is 16.3. The second-order valence-corrected chi connectivity index (χ2v) is 7.88. The van der Waals surface area contributed by atoms with Crippen LogP contribution >= 0.6 is 11.3 Å². The molecule has 1 saturated carbocycles. The number of thiazole rings is 1. The highest BCUT2D eigenvalue weighted by Crippen LogP contribution is 2.36. The number of Topliss-reactive ketones (excluding diaryl/α,β-unsaturated/α-hetero) is 1.